The molecular formula is C11H16ClNO2. The zero-order valence-electron chi connectivity index (χ0n) is 8.90. The maximum atomic E-state index is 11.0. The molecule has 0 radical (unpaired) electrons. The van der Waals surface area contributed by atoms with Crippen LogP contribution in [-0.4, -0.2) is 19.1 Å². The van der Waals surface area contributed by atoms with E-state index in [2.05, 4.69) is 4.74 Å². The number of nitrogens with two attached hydrogens (primary N) is 1. The lowest BCUT2D eigenvalue weighted by Crippen LogP contribution is -2.33. The molecule has 0 aliphatic heterocycles. The van der Waals surface area contributed by atoms with Crippen molar-refractivity contribution in [3.05, 3.63) is 35.4 Å². The largest absolute Gasteiger partial charge is 0.468 e. The van der Waals surface area contributed by atoms with Crippen LogP contribution in [0.4, 0.5) is 0 Å². The molecule has 0 aromatic heterocycles. The van der Waals surface area contributed by atoms with Crippen LogP contribution < -0.4 is 5.73 Å². The Labute approximate surface area is 96.0 Å². The Hall–Kier alpha value is -1.06. The van der Waals surface area contributed by atoms with Gasteiger partial charge >= 0.3 is 5.97 Å². The Morgan fingerprint density at radius 2 is 1.93 bits per heavy atom. The Morgan fingerprint density at radius 3 is 2.40 bits per heavy atom. The quantitative estimate of drug-likeness (QED) is 0.799. The van der Waals surface area contributed by atoms with E-state index in [0.29, 0.717) is 6.42 Å². The summed E-state index contributed by atoms with van der Waals surface area (Å²) in [6.07, 6.45) is 0.521. The molecule has 0 bridgehead atoms. The lowest BCUT2D eigenvalue weighted by molar-refractivity contribution is -0.142. The molecule has 84 valence electrons. The molecule has 0 aliphatic rings. The maximum absolute atomic E-state index is 11.0. The summed E-state index contributed by atoms with van der Waals surface area (Å²) in [4.78, 5) is 11.0. The summed E-state index contributed by atoms with van der Waals surface area (Å²) in [5, 5.41) is 0. The van der Waals surface area contributed by atoms with Crippen LogP contribution >= 0.6 is 12.4 Å². The predicted molar refractivity (Wildman–Crippen MR) is 62.1 cm³/mol. The molecule has 1 rings (SSSR count). The van der Waals surface area contributed by atoms with Crippen LogP contribution in [0.15, 0.2) is 24.3 Å². The van der Waals surface area contributed by atoms with Crippen molar-refractivity contribution in [1.29, 1.82) is 0 Å². The third-order valence-corrected chi connectivity index (χ3v) is 2.08. The Kier molecular flexibility index (Phi) is 5.97. The van der Waals surface area contributed by atoms with E-state index in [1.165, 1.54) is 12.7 Å². The molecule has 0 saturated heterocycles. The molecule has 0 saturated carbocycles. The van der Waals surface area contributed by atoms with Gasteiger partial charge in [0.25, 0.3) is 0 Å². The SMILES string of the molecule is COC(=O)C(N)Cc1ccc(C)cc1.Cl. The second-order valence-electron chi connectivity index (χ2n) is 3.32. The molecule has 3 nitrogen and oxygen atoms in total. The van der Waals surface area contributed by atoms with Crippen LogP contribution in [0.25, 0.3) is 0 Å². The van der Waals surface area contributed by atoms with Gasteiger partial charge in [-0.15, -0.1) is 12.4 Å². The van der Waals surface area contributed by atoms with Gasteiger partial charge < -0.3 is 10.5 Å². The van der Waals surface area contributed by atoms with Gasteiger partial charge in [-0.2, -0.15) is 0 Å². The van der Waals surface area contributed by atoms with Crippen LogP contribution in [0.3, 0.4) is 0 Å². The van der Waals surface area contributed by atoms with Crippen molar-refractivity contribution in [2.45, 2.75) is 19.4 Å². The normalized spacial score (nSPS) is 11.4. The fourth-order valence-electron chi connectivity index (χ4n) is 1.21. The van der Waals surface area contributed by atoms with E-state index < -0.39 is 6.04 Å². The van der Waals surface area contributed by atoms with Gasteiger partial charge in [0.05, 0.1) is 7.11 Å². The highest BCUT2D eigenvalue weighted by atomic mass is 35.5. The fourth-order valence-corrected chi connectivity index (χ4v) is 1.21. The number of halogens is 1. The van der Waals surface area contributed by atoms with Crippen molar-refractivity contribution >= 4 is 18.4 Å². The van der Waals surface area contributed by atoms with Gasteiger partial charge in [-0.25, -0.2) is 0 Å². The van der Waals surface area contributed by atoms with E-state index in [1.807, 2.05) is 31.2 Å². The second-order valence-corrected chi connectivity index (χ2v) is 3.32. The number of hydrogen-bond acceptors (Lipinski definition) is 3. The van der Waals surface area contributed by atoms with Gasteiger partial charge in [0, 0.05) is 0 Å². The van der Waals surface area contributed by atoms with Gasteiger partial charge in [0.1, 0.15) is 6.04 Å². The van der Waals surface area contributed by atoms with Crippen LogP contribution in [0, 0.1) is 6.92 Å². The second kappa shape index (κ2) is 6.43. The highest BCUT2D eigenvalue weighted by molar-refractivity contribution is 5.85. The van der Waals surface area contributed by atoms with Crippen molar-refractivity contribution in [1.82, 2.24) is 0 Å². The molecule has 1 aromatic carbocycles. The number of benzene rings is 1. The van der Waals surface area contributed by atoms with Crippen molar-refractivity contribution in [2.24, 2.45) is 5.73 Å². The first-order valence-corrected chi connectivity index (χ1v) is 4.52. The summed E-state index contributed by atoms with van der Waals surface area (Å²) in [6.45, 7) is 2.02. The first-order valence-electron chi connectivity index (χ1n) is 4.52. The Morgan fingerprint density at radius 1 is 1.40 bits per heavy atom. The maximum Gasteiger partial charge on any atom is 0.322 e. The molecular weight excluding hydrogens is 214 g/mol. The number of esters is 1. The zero-order chi connectivity index (χ0) is 10.6. The van der Waals surface area contributed by atoms with Gasteiger partial charge in [0.15, 0.2) is 0 Å². The summed E-state index contributed by atoms with van der Waals surface area (Å²) < 4.78 is 4.54. The number of ether oxygens (including phenoxy) is 1. The molecule has 1 atom stereocenters. The number of carbonyl (C=O) groups excluding carboxylic acids is 1. The van der Waals surface area contributed by atoms with E-state index in [-0.39, 0.29) is 18.4 Å². The monoisotopic (exact) mass is 229 g/mol. The summed E-state index contributed by atoms with van der Waals surface area (Å²) in [5.41, 5.74) is 7.87. The fraction of sp³-hybridized carbons (Fsp3) is 0.364. The third-order valence-electron chi connectivity index (χ3n) is 2.08. The van der Waals surface area contributed by atoms with Crippen LogP contribution in [0.1, 0.15) is 11.1 Å². The van der Waals surface area contributed by atoms with E-state index >= 15 is 0 Å². The summed E-state index contributed by atoms with van der Waals surface area (Å²) in [6, 6.07) is 7.37. The summed E-state index contributed by atoms with van der Waals surface area (Å²) in [5.74, 6) is -0.370. The molecule has 0 heterocycles. The average molecular weight is 230 g/mol. The number of aryl methyl sites for hydroxylation is 1. The molecule has 4 heteroatoms. The first-order chi connectivity index (χ1) is 6.63. The molecule has 0 spiro atoms. The minimum atomic E-state index is -0.567. The molecule has 0 aliphatic carbocycles. The highest BCUT2D eigenvalue weighted by Gasteiger charge is 2.13. The summed E-state index contributed by atoms with van der Waals surface area (Å²) in [7, 11) is 1.34. The first kappa shape index (κ1) is 13.9. The van der Waals surface area contributed by atoms with Crippen molar-refractivity contribution < 1.29 is 9.53 Å². The van der Waals surface area contributed by atoms with E-state index in [0.717, 1.165) is 5.56 Å². The lowest BCUT2D eigenvalue weighted by Gasteiger charge is -2.08. The molecule has 0 amide bonds. The topological polar surface area (TPSA) is 52.3 Å². The van der Waals surface area contributed by atoms with Gasteiger partial charge in [-0.05, 0) is 18.9 Å². The van der Waals surface area contributed by atoms with E-state index in [1.54, 1.807) is 0 Å². The third kappa shape index (κ3) is 4.32. The van der Waals surface area contributed by atoms with Crippen molar-refractivity contribution in [2.75, 3.05) is 7.11 Å². The minimum absolute atomic E-state index is 0. The molecule has 1 unspecified atom stereocenters. The van der Waals surface area contributed by atoms with Crippen molar-refractivity contribution in [3.8, 4) is 0 Å². The van der Waals surface area contributed by atoms with Gasteiger partial charge in [-0.3, -0.25) is 4.79 Å². The van der Waals surface area contributed by atoms with Crippen LogP contribution in [0.2, 0.25) is 0 Å². The molecule has 0 fully saturated rings. The minimum Gasteiger partial charge on any atom is -0.468 e. The molecule has 1 aromatic rings. The molecule has 15 heavy (non-hydrogen) atoms. The highest BCUT2D eigenvalue weighted by Crippen LogP contribution is 2.05. The zero-order valence-corrected chi connectivity index (χ0v) is 9.71. The number of hydrogen-bond donors (Lipinski definition) is 1. The number of rotatable bonds is 3. The lowest BCUT2D eigenvalue weighted by atomic mass is 10.1. The Bertz CT molecular complexity index is 311. The molecule has 2 N–H and O–H groups in total. The average Bonchev–Trinajstić information content (AvgIpc) is 2.20. The van der Waals surface area contributed by atoms with Gasteiger partial charge in [-0.1, -0.05) is 29.8 Å². The van der Waals surface area contributed by atoms with E-state index in [4.69, 9.17) is 5.73 Å². The van der Waals surface area contributed by atoms with Crippen molar-refractivity contribution in [3.63, 3.8) is 0 Å². The van der Waals surface area contributed by atoms with Crippen LogP contribution in [-0.2, 0) is 16.0 Å². The standard InChI is InChI=1S/C11H15NO2.ClH/c1-8-3-5-9(6-4-8)7-10(12)11(13)14-2;/h3-6,10H,7,12H2,1-2H3;1H. The summed E-state index contributed by atoms with van der Waals surface area (Å²) >= 11 is 0. The van der Waals surface area contributed by atoms with E-state index in [9.17, 15) is 4.79 Å². The Balaban J connectivity index is 0.00000196. The predicted octanol–water partition coefficient (Wildman–Crippen LogP) is 1.46. The smallest absolute Gasteiger partial charge is 0.322 e. The number of carbonyl (C=O) groups is 1. The van der Waals surface area contributed by atoms with Crippen LogP contribution in [0.5, 0.6) is 0 Å². The van der Waals surface area contributed by atoms with Gasteiger partial charge in [0.2, 0.25) is 0 Å². The number of methoxy groups -OCH3 is 1.